The van der Waals surface area contributed by atoms with Crippen molar-refractivity contribution in [3.8, 4) is 17.6 Å². The second-order valence-corrected chi connectivity index (χ2v) is 8.81. The molecule has 1 aliphatic rings. The van der Waals surface area contributed by atoms with Gasteiger partial charge in [0.2, 0.25) is 0 Å². The van der Waals surface area contributed by atoms with Crippen LogP contribution in [0.1, 0.15) is 17.5 Å². The fourth-order valence-corrected chi connectivity index (χ4v) is 4.26. The van der Waals surface area contributed by atoms with Gasteiger partial charge in [-0.2, -0.15) is 5.26 Å². The summed E-state index contributed by atoms with van der Waals surface area (Å²) in [6.07, 6.45) is 1.80. The molecule has 0 bridgehead atoms. The first-order valence-corrected chi connectivity index (χ1v) is 11.9. The molecule has 1 aliphatic heterocycles. The van der Waals surface area contributed by atoms with Crippen LogP contribution in [0.3, 0.4) is 0 Å². The molecule has 4 aromatic rings. The molecule has 0 radical (unpaired) electrons. The second kappa shape index (κ2) is 10.7. The largest absolute Gasteiger partial charge is 0.487 e. The van der Waals surface area contributed by atoms with Crippen molar-refractivity contribution in [3.05, 3.63) is 93.1 Å². The molecule has 3 aromatic carbocycles. The molecule has 1 aromatic heterocycles. The van der Waals surface area contributed by atoms with Crippen LogP contribution in [0.5, 0.6) is 11.5 Å². The predicted molar refractivity (Wildman–Crippen MR) is 138 cm³/mol. The van der Waals surface area contributed by atoms with Gasteiger partial charge in [-0.1, -0.05) is 41.9 Å². The molecule has 1 N–H and O–H groups in total. The SMILES string of the molecule is N#Cc1cnc2cc(OC3CCOC3)c([N+](=O)[O-])cc2c1Nc1ccc(OCc2ccccc2)c(Cl)c1. The normalized spacial score (nSPS) is 14.8. The number of nitriles is 1. The molecular formula is C27H21ClN4O5. The summed E-state index contributed by atoms with van der Waals surface area (Å²) >= 11 is 6.46. The number of nitro groups is 1. The van der Waals surface area contributed by atoms with Crippen LogP contribution in [0, 0.1) is 21.4 Å². The van der Waals surface area contributed by atoms with Gasteiger partial charge in [-0.15, -0.1) is 0 Å². The highest BCUT2D eigenvalue weighted by atomic mass is 35.5. The first kappa shape index (κ1) is 24.3. The molecule has 186 valence electrons. The van der Waals surface area contributed by atoms with Gasteiger partial charge in [0.05, 0.1) is 39.9 Å². The lowest BCUT2D eigenvalue weighted by Crippen LogP contribution is -2.16. The summed E-state index contributed by atoms with van der Waals surface area (Å²) in [6.45, 7) is 1.28. The smallest absolute Gasteiger partial charge is 0.311 e. The van der Waals surface area contributed by atoms with E-state index in [-0.39, 0.29) is 23.1 Å². The Morgan fingerprint density at radius 3 is 2.73 bits per heavy atom. The minimum atomic E-state index is -0.511. The van der Waals surface area contributed by atoms with Gasteiger partial charge in [0.15, 0.2) is 5.75 Å². The van der Waals surface area contributed by atoms with Crippen molar-refractivity contribution < 1.29 is 19.1 Å². The third-order valence-electron chi connectivity index (χ3n) is 5.89. The van der Waals surface area contributed by atoms with E-state index in [1.807, 2.05) is 30.3 Å². The number of hydrogen-bond donors (Lipinski definition) is 1. The number of pyridine rings is 1. The molecule has 1 unspecified atom stereocenters. The fraction of sp³-hybridized carbons (Fsp3) is 0.185. The van der Waals surface area contributed by atoms with E-state index < -0.39 is 4.92 Å². The third-order valence-corrected chi connectivity index (χ3v) is 6.18. The van der Waals surface area contributed by atoms with E-state index in [4.69, 9.17) is 25.8 Å². The molecule has 0 spiro atoms. The Morgan fingerprint density at radius 2 is 2.03 bits per heavy atom. The van der Waals surface area contributed by atoms with E-state index in [0.717, 1.165) is 5.56 Å². The predicted octanol–water partition coefficient (Wildman–Crippen LogP) is 6.16. The summed E-state index contributed by atoms with van der Waals surface area (Å²) in [5, 5.41) is 25.5. The average Bonchev–Trinajstić information content (AvgIpc) is 3.41. The van der Waals surface area contributed by atoms with Gasteiger partial charge < -0.3 is 19.5 Å². The van der Waals surface area contributed by atoms with Gasteiger partial charge in [-0.05, 0) is 23.8 Å². The maximum Gasteiger partial charge on any atom is 0.311 e. The molecule has 0 aliphatic carbocycles. The molecule has 2 heterocycles. The highest BCUT2D eigenvalue weighted by Crippen LogP contribution is 2.38. The van der Waals surface area contributed by atoms with E-state index in [1.165, 1.54) is 18.3 Å². The average molecular weight is 517 g/mol. The van der Waals surface area contributed by atoms with Gasteiger partial charge in [0.1, 0.15) is 24.5 Å². The number of fused-ring (bicyclic) bond motifs is 1. The Hall–Kier alpha value is -4.39. The molecule has 10 heteroatoms. The van der Waals surface area contributed by atoms with Crippen molar-refractivity contribution in [2.45, 2.75) is 19.1 Å². The number of hydrogen-bond acceptors (Lipinski definition) is 8. The van der Waals surface area contributed by atoms with Crippen LogP contribution < -0.4 is 14.8 Å². The molecular weight excluding hydrogens is 496 g/mol. The number of halogens is 1. The highest BCUT2D eigenvalue weighted by Gasteiger charge is 2.25. The molecule has 0 amide bonds. The highest BCUT2D eigenvalue weighted by molar-refractivity contribution is 6.32. The Balaban J connectivity index is 1.46. The van der Waals surface area contributed by atoms with Crippen LogP contribution in [0.25, 0.3) is 10.9 Å². The Bertz CT molecular complexity index is 1500. The van der Waals surface area contributed by atoms with Crippen LogP contribution in [0.15, 0.2) is 66.9 Å². The molecule has 1 atom stereocenters. The molecule has 9 nitrogen and oxygen atoms in total. The molecule has 1 saturated heterocycles. The topological polar surface area (TPSA) is 120 Å². The molecule has 37 heavy (non-hydrogen) atoms. The van der Waals surface area contributed by atoms with Gasteiger partial charge in [0, 0.05) is 35.8 Å². The van der Waals surface area contributed by atoms with Crippen molar-refractivity contribution in [2.24, 2.45) is 0 Å². The fourth-order valence-electron chi connectivity index (χ4n) is 4.03. The standard InChI is InChI=1S/C27H21ClN4O5/c28-22-10-19(6-7-25(22)36-15-17-4-2-1-3-5-17)31-27-18(13-29)14-30-23-12-26(37-20-8-9-35-16-20)24(32(33)34)11-21(23)27/h1-7,10-12,14,20H,8-9,15-16H2,(H,30,31). The monoisotopic (exact) mass is 516 g/mol. The van der Waals surface area contributed by atoms with E-state index in [1.54, 1.807) is 18.2 Å². The van der Waals surface area contributed by atoms with E-state index in [0.29, 0.717) is 59.3 Å². The number of nitrogens with one attached hydrogen (secondary N) is 1. The van der Waals surface area contributed by atoms with Crippen LogP contribution in [0.4, 0.5) is 17.1 Å². The van der Waals surface area contributed by atoms with Crippen molar-refractivity contribution in [1.29, 1.82) is 5.26 Å². The van der Waals surface area contributed by atoms with Gasteiger partial charge in [-0.25, -0.2) is 0 Å². The number of rotatable bonds is 8. The van der Waals surface area contributed by atoms with Crippen molar-refractivity contribution in [1.82, 2.24) is 4.98 Å². The van der Waals surface area contributed by atoms with E-state index in [9.17, 15) is 15.4 Å². The Morgan fingerprint density at radius 1 is 1.19 bits per heavy atom. The Labute approximate surface area is 217 Å². The zero-order valence-electron chi connectivity index (χ0n) is 19.5. The quantitative estimate of drug-likeness (QED) is 0.218. The van der Waals surface area contributed by atoms with Gasteiger partial charge >= 0.3 is 5.69 Å². The summed E-state index contributed by atoms with van der Waals surface area (Å²) in [5.41, 5.74) is 2.40. The molecule has 1 fully saturated rings. The van der Waals surface area contributed by atoms with Crippen molar-refractivity contribution in [2.75, 3.05) is 18.5 Å². The summed E-state index contributed by atoms with van der Waals surface area (Å²) in [4.78, 5) is 15.7. The first-order valence-electron chi connectivity index (χ1n) is 11.5. The van der Waals surface area contributed by atoms with E-state index >= 15 is 0 Å². The lowest BCUT2D eigenvalue weighted by Gasteiger charge is -2.16. The lowest BCUT2D eigenvalue weighted by atomic mass is 10.1. The maximum atomic E-state index is 11.9. The number of anilines is 2. The maximum absolute atomic E-state index is 11.9. The van der Waals surface area contributed by atoms with Crippen molar-refractivity contribution >= 4 is 39.6 Å². The first-order chi connectivity index (χ1) is 18.0. The molecule has 5 rings (SSSR count). The zero-order chi connectivity index (χ0) is 25.8. The lowest BCUT2D eigenvalue weighted by molar-refractivity contribution is -0.385. The van der Waals surface area contributed by atoms with Crippen LogP contribution in [-0.2, 0) is 11.3 Å². The Kier molecular flexibility index (Phi) is 7.03. The zero-order valence-corrected chi connectivity index (χ0v) is 20.3. The van der Waals surface area contributed by atoms with Crippen LogP contribution >= 0.6 is 11.6 Å². The second-order valence-electron chi connectivity index (χ2n) is 8.40. The minimum absolute atomic E-state index is 0.110. The number of benzene rings is 3. The summed E-state index contributed by atoms with van der Waals surface area (Å²) < 4.78 is 17.0. The summed E-state index contributed by atoms with van der Waals surface area (Å²) in [5.74, 6) is 0.614. The van der Waals surface area contributed by atoms with Gasteiger partial charge in [0.25, 0.3) is 0 Å². The summed E-state index contributed by atoms with van der Waals surface area (Å²) in [6, 6.07) is 19.8. The number of ether oxygens (including phenoxy) is 3. The number of nitro benzene ring substituents is 1. The van der Waals surface area contributed by atoms with Gasteiger partial charge in [-0.3, -0.25) is 15.1 Å². The summed E-state index contributed by atoms with van der Waals surface area (Å²) in [7, 11) is 0. The van der Waals surface area contributed by atoms with Crippen molar-refractivity contribution in [3.63, 3.8) is 0 Å². The molecule has 0 saturated carbocycles. The van der Waals surface area contributed by atoms with Crippen LogP contribution in [0.2, 0.25) is 5.02 Å². The minimum Gasteiger partial charge on any atom is -0.487 e. The number of aromatic nitrogens is 1. The van der Waals surface area contributed by atoms with Crippen LogP contribution in [-0.4, -0.2) is 29.2 Å². The number of nitrogens with zero attached hydrogens (tertiary/aromatic N) is 3. The van der Waals surface area contributed by atoms with E-state index in [2.05, 4.69) is 16.4 Å². The third kappa shape index (κ3) is 5.40.